The molecular formula is C21H22N2O3. The molecule has 2 unspecified atom stereocenters. The number of hydrogen-bond acceptors (Lipinski definition) is 5. The van der Waals surface area contributed by atoms with E-state index >= 15 is 0 Å². The summed E-state index contributed by atoms with van der Waals surface area (Å²) in [4.78, 5) is 24.0. The van der Waals surface area contributed by atoms with Crippen LogP contribution in [0.3, 0.4) is 0 Å². The first-order chi connectivity index (χ1) is 12.2. The average molecular weight is 350 g/mol. The maximum Gasteiger partial charge on any atom is 0.308 e. The largest absolute Gasteiger partial charge is 0.427 e. The summed E-state index contributed by atoms with van der Waals surface area (Å²) in [6.45, 7) is 9.49. The SMILES string of the molecule is C=C1NC2=C(C(=O)CC(C)(C)C2)C(c2ccc(OC(C)=O)cc2)C1C#N. The minimum Gasteiger partial charge on any atom is -0.427 e. The van der Waals surface area contributed by atoms with Crippen LogP contribution < -0.4 is 10.1 Å². The van der Waals surface area contributed by atoms with Crippen molar-refractivity contribution in [1.82, 2.24) is 5.32 Å². The monoisotopic (exact) mass is 350 g/mol. The molecule has 5 heteroatoms. The van der Waals surface area contributed by atoms with E-state index in [0.29, 0.717) is 23.4 Å². The fourth-order valence-corrected chi connectivity index (χ4v) is 3.87. The van der Waals surface area contributed by atoms with Gasteiger partial charge in [0.1, 0.15) is 5.75 Å². The van der Waals surface area contributed by atoms with Gasteiger partial charge in [-0.2, -0.15) is 5.26 Å². The molecule has 0 saturated carbocycles. The second-order valence-electron chi connectivity index (χ2n) is 7.73. The third-order valence-corrected chi connectivity index (χ3v) is 4.89. The Bertz CT molecular complexity index is 856. The summed E-state index contributed by atoms with van der Waals surface area (Å²) in [5, 5.41) is 12.9. The van der Waals surface area contributed by atoms with E-state index < -0.39 is 11.9 Å². The number of allylic oxidation sites excluding steroid dienone is 3. The Morgan fingerprint density at radius 2 is 1.96 bits per heavy atom. The Balaban J connectivity index is 2.07. The van der Waals surface area contributed by atoms with E-state index in [9.17, 15) is 14.9 Å². The number of carbonyl (C=O) groups excluding carboxylic acids is 2. The fraction of sp³-hybridized carbons (Fsp3) is 0.381. The summed E-state index contributed by atoms with van der Waals surface area (Å²) in [6, 6.07) is 9.28. The van der Waals surface area contributed by atoms with Crippen LogP contribution in [0.15, 0.2) is 47.8 Å². The van der Waals surface area contributed by atoms with Crippen LogP contribution in [-0.2, 0) is 9.59 Å². The third-order valence-electron chi connectivity index (χ3n) is 4.89. The minimum atomic E-state index is -0.529. The maximum atomic E-state index is 12.9. The first-order valence-corrected chi connectivity index (χ1v) is 8.62. The summed E-state index contributed by atoms with van der Waals surface area (Å²) < 4.78 is 5.07. The minimum absolute atomic E-state index is 0.0746. The summed E-state index contributed by atoms with van der Waals surface area (Å²) in [6.07, 6.45) is 1.20. The van der Waals surface area contributed by atoms with Crippen LogP contribution in [0.2, 0.25) is 0 Å². The molecule has 0 amide bonds. The molecule has 0 spiro atoms. The normalized spacial score (nSPS) is 24.4. The summed E-state index contributed by atoms with van der Waals surface area (Å²) in [5.74, 6) is -0.770. The molecule has 0 bridgehead atoms. The van der Waals surface area contributed by atoms with Gasteiger partial charge in [0.05, 0.1) is 12.0 Å². The van der Waals surface area contributed by atoms with E-state index in [4.69, 9.17) is 4.74 Å². The highest BCUT2D eigenvalue weighted by Crippen LogP contribution is 2.47. The van der Waals surface area contributed by atoms with Gasteiger partial charge in [-0.15, -0.1) is 0 Å². The number of nitriles is 1. The number of benzene rings is 1. The zero-order chi connectivity index (χ0) is 19.1. The van der Waals surface area contributed by atoms with Gasteiger partial charge in [0, 0.05) is 36.2 Å². The Morgan fingerprint density at radius 1 is 1.31 bits per heavy atom. The van der Waals surface area contributed by atoms with Gasteiger partial charge in [0.2, 0.25) is 0 Å². The highest BCUT2D eigenvalue weighted by Gasteiger charge is 2.43. The van der Waals surface area contributed by atoms with Gasteiger partial charge in [0.15, 0.2) is 5.78 Å². The molecular weight excluding hydrogens is 328 g/mol. The summed E-state index contributed by atoms with van der Waals surface area (Å²) >= 11 is 0. The molecule has 1 aliphatic carbocycles. The standard InChI is InChI=1S/C21H22N2O3/c1-12-16(11-22)19(14-5-7-15(8-6-14)26-13(2)24)20-17(23-12)9-21(3,4)10-18(20)25/h5-8,16,19,23H,1,9-10H2,2-4H3. The number of nitrogens with one attached hydrogen (secondary N) is 1. The molecule has 0 fully saturated rings. The van der Waals surface area contributed by atoms with Crippen LogP contribution in [0.4, 0.5) is 0 Å². The number of rotatable bonds is 2. The first kappa shape index (κ1) is 17.9. The molecule has 0 saturated heterocycles. The van der Waals surface area contributed by atoms with E-state index in [1.165, 1.54) is 6.92 Å². The lowest BCUT2D eigenvalue weighted by Crippen LogP contribution is -2.40. The number of hydrogen-bond donors (Lipinski definition) is 1. The molecule has 1 aromatic rings. The van der Waals surface area contributed by atoms with Crippen molar-refractivity contribution in [2.24, 2.45) is 11.3 Å². The molecule has 3 rings (SSSR count). The number of Topliss-reactive ketones (excluding diaryl/α,β-unsaturated/α-hetero) is 1. The molecule has 0 aromatic heterocycles. The lowest BCUT2D eigenvalue weighted by atomic mass is 9.67. The molecule has 2 aliphatic rings. The quantitative estimate of drug-likeness (QED) is 0.651. The molecule has 0 radical (unpaired) electrons. The van der Waals surface area contributed by atoms with Gasteiger partial charge in [-0.1, -0.05) is 32.6 Å². The van der Waals surface area contributed by atoms with Gasteiger partial charge in [-0.25, -0.2) is 0 Å². The van der Waals surface area contributed by atoms with Crippen LogP contribution in [0.1, 0.15) is 45.1 Å². The number of ether oxygens (including phenoxy) is 1. The molecule has 5 nitrogen and oxygen atoms in total. The molecule has 1 aromatic carbocycles. The third kappa shape index (κ3) is 3.28. The van der Waals surface area contributed by atoms with Crippen LogP contribution in [0, 0.1) is 22.7 Å². The Labute approximate surface area is 153 Å². The predicted molar refractivity (Wildman–Crippen MR) is 96.9 cm³/mol. The van der Waals surface area contributed by atoms with Crippen molar-refractivity contribution in [3.8, 4) is 11.8 Å². The van der Waals surface area contributed by atoms with Gasteiger partial charge < -0.3 is 10.1 Å². The van der Waals surface area contributed by atoms with Gasteiger partial charge in [0.25, 0.3) is 0 Å². The molecule has 134 valence electrons. The zero-order valence-electron chi connectivity index (χ0n) is 15.3. The zero-order valence-corrected chi connectivity index (χ0v) is 15.3. The highest BCUT2D eigenvalue weighted by molar-refractivity contribution is 5.99. The van der Waals surface area contributed by atoms with E-state index in [2.05, 4.69) is 31.8 Å². The lowest BCUT2D eigenvalue weighted by Gasteiger charge is -2.41. The maximum absolute atomic E-state index is 12.9. The van der Waals surface area contributed by atoms with Crippen LogP contribution in [0.25, 0.3) is 0 Å². The van der Waals surface area contributed by atoms with Crippen molar-refractivity contribution in [3.63, 3.8) is 0 Å². The number of esters is 1. The Kier molecular flexibility index (Phi) is 4.45. The molecule has 2 atom stereocenters. The fourth-order valence-electron chi connectivity index (χ4n) is 3.87. The first-order valence-electron chi connectivity index (χ1n) is 8.62. The number of nitrogens with zero attached hydrogens (tertiary/aromatic N) is 1. The van der Waals surface area contributed by atoms with Crippen molar-refractivity contribution in [2.75, 3.05) is 0 Å². The van der Waals surface area contributed by atoms with Crippen molar-refractivity contribution in [3.05, 3.63) is 53.4 Å². The molecule has 26 heavy (non-hydrogen) atoms. The van der Waals surface area contributed by atoms with E-state index in [0.717, 1.165) is 17.7 Å². The topological polar surface area (TPSA) is 79.2 Å². The molecule has 1 heterocycles. The molecule has 1 N–H and O–H groups in total. The second kappa shape index (κ2) is 6.45. The summed E-state index contributed by atoms with van der Waals surface area (Å²) in [5.41, 5.74) is 2.90. The second-order valence-corrected chi connectivity index (χ2v) is 7.73. The van der Waals surface area contributed by atoms with E-state index in [1.54, 1.807) is 12.1 Å². The predicted octanol–water partition coefficient (Wildman–Crippen LogP) is 3.60. The Hall–Kier alpha value is -2.87. The van der Waals surface area contributed by atoms with Gasteiger partial charge >= 0.3 is 5.97 Å². The summed E-state index contributed by atoms with van der Waals surface area (Å²) in [7, 11) is 0. The van der Waals surface area contributed by atoms with E-state index in [-0.39, 0.29) is 17.1 Å². The van der Waals surface area contributed by atoms with Crippen LogP contribution in [-0.4, -0.2) is 11.8 Å². The van der Waals surface area contributed by atoms with E-state index in [1.807, 2.05) is 12.1 Å². The number of carbonyl (C=O) groups is 2. The smallest absolute Gasteiger partial charge is 0.308 e. The Morgan fingerprint density at radius 3 is 2.54 bits per heavy atom. The number of ketones is 1. The van der Waals surface area contributed by atoms with Crippen molar-refractivity contribution < 1.29 is 14.3 Å². The average Bonchev–Trinajstić information content (AvgIpc) is 2.52. The van der Waals surface area contributed by atoms with Crippen molar-refractivity contribution >= 4 is 11.8 Å². The lowest BCUT2D eigenvalue weighted by molar-refractivity contribution is -0.131. The van der Waals surface area contributed by atoms with Gasteiger partial charge in [-0.05, 0) is 29.5 Å². The highest BCUT2D eigenvalue weighted by atomic mass is 16.5. The van der Waals surface area contributed by atoms with Crippen molar-refractivity contribution in [2.45, 2.75) is 39.5 Å². The van der Waals surface area contributed by atoms with Crippen molar-refractivity contribution in [1.29, 1.82) is 5.26 Å². The van der Waals surface area contributed by atoms with Crippen LogP contribution in [0.5, 0.6) is 5.75 Å². The van der Waals surface area contributed by atoms with Gasteiger partial charge in [-0.3, -0.25) is 9.59 Å². The van der Waals surface area contributed by atoms with Crippen LogP contribution >= 0.6 is 0 Å². The molecule has 1 aliphatic heterocycles.